The molecule has 4 aliphatic carbocycles. The van der Waals surface area contributed by atoms with E-state index >= 15 is 0 Å². The van der Waals surface area contributed by atoms with E-state index in [0.717, 1.165) is 44.9 Å². The number of rotatable bonds is 1. The van der Waals surface area contributed by atoms with Gasteiger partial charge in [0.15, 0.2) is 5.78 Å². The topological polar surface area (TPSA) is 57.5 Å². The molecule has 0 unspecified atom stereocenters. The van der Waals surface area contributed by atoms with E-state index in [1.165, 1.54) is 5.57 Å². The predicted molar refractivity (Wildman–Crippen MR) is 101 cm³/mol. The summed E-state index contributed by atoms with van der Waals surface area (Å²) < 4.78 is 0. The summed E-state index contributed by atoms with van der Waals surface area (Å²) in [6.07, 6.45) is 10.2. The first-order valence-electron chi connectivity index (χ1n) is 10.4. The van der Waals surface area contributed by atoms with Crippen LogP contribution in [0.15, 0.2) is 11.6 Å². The SMILES string of the molecule is C[C@]12CCC(=O)C=C1CC[C@@H]1[C@@H]2CC[C@@]2(C)[C@H]1CC[C@]2(O)C#CCCO. The Morgan fingerprint density at radius 2 is 1.88 bits per heavy atom. The Bertz CT molecular complexity index is 698. The van der Waals surface area contributed by atoms with Gasteiger partial charge in [-0.3, -0.25) is 4.79 Å². The largest absolute Gasteiger partial charge is 0.395 e. The quantitative estimate of drug-likeness (QED) is 0.705. The number of carbonyl (C=O) groups excluding carboxylic acids is 1. The lowest BCUT2D eigenvalue weighted by molar-refractivity contribution is -0.119. The Hall–Kier alpha value is -1.11. The van der Waals surface area contributed by atoms with Gasteiger partial charge in [0.05, 0.1) is 6.61 Å². The highest BCUT2D eigenvalue weighted by molar-refractivity contribution is 5.91. The van der Waals surface area contributed by atoms with Crippen molar-refractivity contribution in [1.82, 2.24) is 0 Å². The molecule has 0 aliphatic heterocycles. The van der Waals surface area contributed by atoms with E-state index in [4.69, 9.17) is 5.11 Å². The lowest BCUT2D eigenvalue weighted by atomic mass is 9.46. The van der Waals surface area contributed by atoms with Gasteiger partial charge in [-0.2, -0.15) is 0 Å². The van der Waals surface area contributed by atoms with Crippen molar-refractivity contribution in [2.24, 2.45) is 28.6 Å². The van der Waals surface area contributed by atoms with Gasteiger partial charge in [-0.1, -0.05) is 31.3 Å². The van der Waals surface area contributed by atoms with Crippen molar-refractivity contribution < 1.29 is 15.0 Å². The van der Waals surface area contributed by atoms with Crippen LogP contribution in [0.5, 0.6) is 0 Å². The maximum absolute atomic E-state index is 11.9. The molecular formula is C23H32O3. The zero-order chi connectivity index (χ0) is 18.6. The van der Waals surface area contributed by atoms with Crippen LogP contribution in [0.4, 0.5) is 0 Å². The predicted octanol–water partition coefficient (Wildman–Crippen LogP) is 3.64. The van der Waals surface area contributed by atoms with Crippen LogP contribution in [0.25, 0.3) is 0 Å². The minimum Gasteiger partial charge on any atom is -0.395 e. The molecule has 0 aromatic rings. The standard InChI is InChI=1S/C23H32O3/c1-21-11-7-17(25)15-16(21)5-6-18-19(21)8-12-22(2)20(18)9-13-23(22,26)10-3-4-14-24/h15,18-20,24,26H,4-9,11-14H2,1-2H3/t18-,19+,20+,21+,22+,23-/m1/s1. The van der Waals surface area contributed by atoms with Gasteiger partial charge >= 0.3 is 0 Å². The molecule has 6 atom stereocenters. The van der Waals surface area contributed by atoms with Crippen LogP contribution in [0.3, 0.4) is 0 Å². The van der Waals surface area contributed by atoms with Gasteiger partial charge in [0.1, 0.15) is 5.60 Å². The second kappa shape index (κ2) is 6.21. The second-order valence-corrected chi connectivity index (χ2v) is 9.60. The molecule has 0 heterocycles. The zero-order valence-electron chi connectivity index (χ0n) is 16.2. The van der Waals surface area contributed by atoms with Crippen molar-refractivity contribution in [1.29, 1.82) is 0 Å². The molecule has 3 heteroatoms. The number of aliphatic hydroxyl groups is 2. The lowest BCUT2D eigenvalue weighted by Crippen LogP contribution is -2.54. The highest BCUT2D eigenvalue weighted by Crippen LogP contribution is 2.67. The van der Waals surface area contributed by atoms with Crippen molar-refractivity contribution in [2.75, 3.05) is 6.61 Å². The Kier molecular flexibility index (Phi) is 4.36. The van der Waals surface area contributed by atoms with E-state index in [1.54, 1.807) is 0 Å². The first-order chi connectivity index (χ1) is 12.3. The molecule has 0 spiro atoms. The van der Waals surface area contributed by atoms with Gasteiger partial charge in [-0.25, -0.2) is 0 Å². The monoisotopic (exact) mass is 356 g/mol. The van der Waals surface area contributed by atoms with Gasteiger partial charge in [-0.05, 0) is 74.2 Å². The molecule has 3 saturated carbocycles. The Balaban J connectivity index is 1.64. The van der Waals surface area contributed by atoms with Crippen LogP contribution in [0.1, 0.15) is 71.6 Å². The maximum Gasteiger partial charge on any atom is 0.155 e. The molecule has 0 aromatic heterocycles. The van der Waals surface area contributed by atoms with Crippen LogP contribution in [0.2, 0.25) is 0 Å². The van der Waals surface area contributed by atoms with Crippen LogP contribution in [-0.4, -0.2) is 28.2 Å². The molecule has 3 fully saturated rings. The summed E-state index contributed by atoms with van der Waals surface area (Å²) in [6.45, 7) is 4.71. The first kappa shape index (κ1) is 18.3. The average molecular weight is 357 g/mol. The van der Waals surface area contributed by atoms with E-state index < -0.39 is 5.60 Å². The summed E-state index contributed by atoms with van der Waals surface area (Å²) in [5, 5.41) is 20.4. The normalized spacial score (nSPS) is 47.2. The van der Waals surface area contributed by atoms with Crippen molar-refractivity contribution in [3.05, 3.63) is 11.6 Å². The van der Waals surface area contributed by atoms with E-state index in [0.29, 0.717) is 36.4 Å². The molecular weight excluding hydrogens is 324 g/mol. The highest BCUT2D eigenvalue weighted by Gasteiger charge is 2.63. The number of aliphatic hydroxyl groups excluding tert-OH is 1. The first-order valence-corrected chi connectivity index (χ1v) is 10.4. The van der Waals surface area contributed by atoms with Gasteiger partial charge in [-0.15, -0.1) is 0 Å². The molecule has 26 heavy (non-hydrogen) atoms. The van der Waals surface area contributed by atoms with Crippen molar-refractivity contribution in [2.45, 2.75) is 77.2 Å². The van der Waals surface area contributed by atoms with E-state index in [1.807, 2.05) is 6.08 Å². The fourth-order valence-electron chi connectivity index (χ4n) is 7.05. The Morgan fingerprint density at radius 3 is 2.65 bits per heavy atom. The molecule has 0 bridgehead atoms. The summed E-state index contributed by atoms with van der Waals surface area (Å²) >= 11 is 0. The van der Waals surface area contributed by atoms with Gasteiger partial charge in [0, 0.05) is 18.3 Å². The van der Waals surface area contributed by atoms with E-state index in [-0.39, 0.29) is 17.4 Å². The van der Waals surface area contributed by atoms with Gasteiger partial charge < -0.3 is 10.2 Å². The lowest BCUT2D eigenvalue weighted by Gasteiger charge is -2.58. The smallest absolute Gasteiger partial charge is 0.155 e. The van der Waals surface area contributed by atoms with Crippen LogP contribution in [0, 0.1) is 40.4 Å². The molecule has 0 radical (unpaired) electrons. The van der Waals surface area contributed by atoms with Crippen molar-refractivity contribution in [3.8, 4) is 11.8 Å². The molecule has 3 nitrogen and oxygen atoms in total. The molecule has 0 aromatic carbocycles. The third kappa shape index (κ3) is 2.45. The second-order valence-electron chi connectivity index (χ2n) is 9.60. The van der Waals surface area contributed by atoms with Crippen molar-refractivity contribution in [3.63, 3.8) is 0 Å². The number of hydrogen-bond acceptors (Lipinski definition) is 3. The summed E-state index contributed by atoms with van der Waals surface area (Å²) in [5.74, 6) is 8.27. The van der Waals surface area contributed by atoms with Gasteiger partial charge in [0.25, 0.3) is 0 Å². The van der Waals surface area contributed by atoms with E-state index in [2.05, 4.69) is 25.7 Å². The number of ketones is 1. The number of fused-ring (bicyclic) bond motifs is 5. The van der Waals surface area contributed by atoms with Crippen LogP contribution < -0.4 is 0 Å². The molecule has 4 rings (SSSR count). The fraction of sp³-hybridized carbons (Fsp3) is 0.783. The minimum absolute atomic E-state index is 0.0557. The van der Waals surface area contributed by atoms with E-state index in [9.17, 15) is 9.90 Å². The summed E-state index contributed by atoms with van der Waals surface area (Å²) in [6, 6.07) is 0. The number of carbonyl (C=O) groups is 1. The van der Waals surface area contributed by atoms with Crippen LogP contribution >= 0.6 is 0 Å². The minimum atomic E-state index is -0.905. The third-order valence-corrected chi connectivity index (χ3v) is 8.65. The number of allylic oxidation sites excluding steroid dienone is 1. The highest BCUT2D eigenvalue weighted by atomic mass is 16.3. The maximum atomic E-state index is 11.9. The number of hydrogen-bond donors (Lipinski definition) is 2. The summed E-state index contributed by atoms with van der Waals surface area (Å²) in [7, 11) is 0. The third-order valence-electron chi connectivity index (χ3n) is 8.65. The molecule has 142 valence electrons. The van der Waals surface area contributed by atoms with Crippen LogP contribution in [-0.2, 0) is 4.79 Å². The molecule has 0 saturated heterocycles. The molecule has 4 aliphatic rings. The summed E-state index contributed by atoms with van der Waals surface area (Å²) in [5.41, 5.74) is 0.534. The zero-order valence-corrected chi connectivity index (χ0v) is 16.2. The van der Waals surface area contributed by atoms with Crippen molar-refractivity contribution >= 4 is 5.78 Å². The Morgan fingerprint density at radius 1 is 1.12 bits per heavy atom. The molecule has 0 amide bonds. The van der Waals surface area contributed by atoms with Gasteiger partial charge in [0.2, 0.25) is 0 Å². The Labute approximate surface area is 157 Å². The fourth-order valence-corrected chi connectivity index (χ4v) is 7.05. The molecule has 2 N–H and O–H groups in total. The summed E-state index contributed by atoms with van der Waals surface area (Å²) in [4.78, 5) is 11.9. The average Bonchev–Trinajstić information content (AvgIpc) is 2.87.